The fraction of sp³-hybridized carbons (Fsp3) is 0.500. The minimum Gasteiger partial charge on any atom is -0.497 e. The third-order valence-electron chi connectivity index (χ3n) is 7.68. The van der Waals surface area contributed by atoms with Crippen LogP contribution in [0.15, 0.2) is 42.5 Å². The highest BCUT2D eigenvalue weighted by molar-refractivity contribution is 5.74. The van der Waals surface area contributed by atoms with Gasteiger partial charge in [-0.25, -0.2) is 9.59 Å². The molecular weight excluding hydrogens is 531 g/mol. The van der Waals surface area contributed by atoms with Gasteiger partial charge in [0.25, 0.3) is 0 Å². The minimum absolute atomic E-state index is 0.0754. The molecule has 2 aliphatic rings. The molecule has 40 heavy (non-hydrogen) atoms. The second-order valence-corrected chi connectivity index (χ2v) is 9.92. The van der Waals surface area contributed by atoms with E-state index in [2.05, 4.69) is 34.7 Å². The van der Waals surface area contributed by atoms with Gasteiger partial charge >= 0.3 is 18.2 Å². The Morgan fingerprint density at radius 3 is 2.25 bits per heavy atom. The Hall–Kier alpha value is -3.67. The molecule has 4 rings (SSSR count). The molecule has 1 heterocycles. The number of likely N-dealkylation sites (N-methyl/N-ethyl adjacent to an activating group) is 1. The molecule has 0 radical (unpaired) electrons. The van der Waals surface area contributed by atoms with E-state index in [1.807, 2.05) is 30.3 Å². The highest BCUT2D eigenvalue weighted by Gasteiger charge is 2.50. The molecule has 2 aromatic rings. The standard InChI is InChI=1S/C26H35N3O4.C2HF3O2/c1-29-14-13-26(19-7-10-22(32-3)23(15-19)33-4)12-11-20(16-24(26)29)28-25(30)27-17-18-5-8-21(31-2)9-6-18;3-2(4,5)1(6)7/h5-10,15,20,24H,11-14,16-17H2,1-4H3,(H2,27,28,30);(H,6,7). The molecule has 2 amide bonds. The highest BCUT2D eigenvalue weighted by Crippen LogP contribution is 2.49. The molecule has 1 saturated carbocycles. The lowest BCUT2D eigenvalue weighted by Gasteiger charge is -2.45. The molecule has 1 aliphatic carbocycles. The van der Waals surface area contributed by atoms with Crippen molar-refractivity contribution < 1.29 is 42.1 Å². The lowest BCUT2D eigenvalue weighted by molar-refractivity contribution is -0.192. The van der Waals surface area contributed by atoms with Crippen molar-refractivity contribution in [2.45, 2.75) is 55.9 Å². The number of rotatable bonds is 7. The largest absolute Gasteiger partial charge is 0.497 e. The van der Waals surface area contributed by atoms with Crippen molar-refractivity contribution in [2.24, 2.45) is 0 Å². The molecular formula is C28H36F3N3O6. The SMILES string of the molecule is COc1ccc(CNC(=O)NC2CCC3(c4ccc(OC)c(OC)c4)CCN(C)C3C2)cc1.O=C(O)C(F)(F)F. The van der Waals surface area contributed by atoms with Crippen LogP contribution < -0.4 is 24.8 Å². The fourth-order valence-electron chi connectivity index (χ4n) is 5.56. The van der Waals surface area contributed by atoms with Gasteiger partial charge in [0.2, 0.25) is 0 Å². The molecule has 3 N–H and O–H groups in total. The molecule has 3 atom stereocenters. The van der Waals surface area contributed by atoms with Gasteiger partial charge < -0.3 is 34.9 Å². The third kappa shape index (κ3) is 7.29. The van der Waals surface area contributed by atoms with Crippen LogP contribution >= 0.6 is 0 Å². The molecule has 2 aromatic carbocycles. The van der Waals surface area contributed by atoms with Crippen LogP contribution in [0.4, 0.5) is 18.0 Å². The lowest BCUT2D eigenvalue weighted by atomic mass is 9.65. The van der Waals surface area contributed by atoms with E-state index in [-0.39, 0.29) is 17.5 Å². The van der Waals surface area contributed by atoms with Gasteiger partial charge in [-0.2, -0.15) is 13.2 Å². The number of carbonyl (C=O) groups excluding carboxylic acids is 1. The van der Waals surface area contributed by atoms with Crippen molar-refractivity contribution in [3.8, 4) is 17.2 Å². The minimum atomic E-state index is -5.08. The van der Waals surface area contributed by atoms with Gasteiger partial charge in [0.1, 0.15) is 5.75 Å². The zero-order valence-electron chi connectivity index (χ0n) is 23.0. The van der Waals surface area contributed by atoms with Crippen LogP contribution in [0.5, 0.6) is 17.2 Å². The molecule has 1 aliphatic heterocycles. The van der Waals surface area contributed by atoms with Gasteiger partial charge in [0.05, 0.1) is 21.3 Å². The maximum Gasteiger partial charge on any atom is 0.490 e. The first-order valence-corrected chi connectivity index (χ1v) is 12.8. The van der Waals surface area contributed by atoms with E-state index >= 15 is 0 Å². The maximum absolute atomic E-state index is 12.6. The first-order valence-electron chi connectivity index (χ1n) is 12.8. The fourth-order valence-corrected chi connectivity index (χ4v) is 5.56. The lowest BCUT2D eigenvalue weighted by Crippen LogP contribution is -2.53. The number of methoxy groups -OCH3 is 3. The van der Waals surface area contributed by atoms with Gasteiger partial charge in [-0.1, -0.05) is 18.2 Å². The number of nitrogens with one attached hydrogen (secondary N) is 2. The van der Waals surface area contributed by atoms with E-state index < -0.39 is 12.1 Å². The van der Waals surface area contributed by atoms with Crippen molar-refractivity contribution in [1.82, 2.24) is 15.5 Å². The Morgan fingerprint density at radius 2 is 1.68 bits per heavy atom. The number of nitrogens with zero attached hydrogens (tertiary/aromatic N) is 1. The molecule has 1 saturated heterocycles. The topological polar surface area (TPSA) is 109 Å². The molecule has 0 spiro atoms. The summed E-state index contributed by atoms with van der Waals surface area (Å²) in [4.78, 5) is 23.9. The summed E-state index contributed by atoms with van der Waals surface area (Å²) in [7, 11) is 7.19. The van der Waals surface area contributed by atoms with Crippen molar-refractivity contribution in [1.29, 1.82) is 0 Å². The number of benzene rings is 2. The van der Waals surface area contributed by atoms with E-state index in [0.717, 1.165) is 55.0 Å². The number of urea groups is 1. The number of likely N-dealkylation sites (tertiary alicyclic amines) is 1. The summed E-state index contributed by atoms with van der Waals surface area (Å²) >= 11 is 0. The number of fused-ring (bicyclic) bond motifs is 1. The second-order valence-electron chi connectivity index (χ2n) is 9.92. The van der Waals surface area contributed by atoms with E-state index in [4.69, 9.17) is 24.1 Å². The Morgan fingerprint density at radius 1 is 1.02 bits per heavy atom. The van der Waals surface area contributed by atoms with Gasteiger partial charge in [-0.15, -0.1) is 0 Å². The van der Waals surface area contributed by atoms with Crippen LogP contribution in [-0.4, -0.2) is 75.2 Å². The smallest absolute Gasteiger partial charge is 0.490 e. The van der Waals surface area contributed by atoms with Crippen LogP contribution in [0, 0.1) is 0 Å². The van der Waals surface area contributed by atoms with E-state index in [9.17, 15) is 18.0 Å². The number of carboxylic acids is 1. The molecule has 0 bridgehead atoms. The monoisotopic (exact) mass is 567 g/mol. The number of hydrogen-bond acceptors (Lipinski definition) is 6. The second kappa shape index (κ2) is 13.1. The van der Waals surface area contributed by atoms with Crippen LogP contribution in [0.2, 0.25) is 0 Å². The zero-order valence-corrected chi connectivity index (χ0v) is 23.0. The van der Waals surface area contributed by atoms with Crippen molar-refractivity contribution in [2.75, 3.05) is 34.9 Å². The normalized spacial score (nSPS) is 22.3. The molecule has 3 unspecified atom stereocenters. The Labute approximate surface area is 231 Å². The third-order valence-corrected chi connectivity index (χ3v) is 7.68. The molecule has 220 valence electrons. The van der Waals surface area contributed by atoms with Crippen LogP contribution in [0.1, 0.15) is 36.8 Å². The summed E-state index contributed by atoms with van der Waals surface area (Å²) in [6, 6.07) is 14.5. The predicted molar refractivity (Wildman–Crippen MR) is 142 cm³/mol. The van der Waals surface area contributed by atoms with Gasteiger partial charge in [0, 0.05) is 24.0 Å². The number of carbonyl (C=O) groups is 2. The average Bonchev–Trinajstić information content (AvgIpc) is 3.28. The molecule has 2 fully saturated rings. The molecule has 9 nitrogen and oxygen atoms in total. The maximum atomic E-state index is 12.6. The quantitative estimate of drug-likeness (QED) is 0.457. The highest BCUT2D eigenvalue weighted by atomic mass is 19.4. The number of hydrogen-bond donors (Lipinski definition) is 3. The summed E-state index contributed by atoms with van der Waals surface area (Å²) in [5.74, 6) is -0.420. The van der Waals surface area contributed by atoms with Gasteiger partial charge in [-0.05, 0) is 74.7 Å². The number of alkyl halides is 3. The number of aliphatic carboxylic acids is 1. The average molecular weight is 568 g/mol. The van der Waals surface area contributed by atoms with Crippen LogP contribution in [0.3, 0.4) is 0 Å². The van der Waals surface area contributed by atoms with Crippen LogP contribution in [-0.2, 0) is 16.8 Å². The van der Waals surface area contributed by atoms with E-state index in [1.54, 1.807) is 21.3 Å². The van der Waals surface area contributed by atoms with Gasteiger partial charge in [-0.3, -0.25) is 0 Å². The van der Waals surface area contributed by atoms with Crippen molar-refractivity contribution in [3.05, 3.63) is 53.6 Å². The summed E-state index contributed by atoms with van der Waals surface area (Å²) < 4.78 is 47.9. The summed E-state index contributed by atoms with van der Waals surface area (Å²) in [5, 5.41) is 13.3. The first-order chi connectivity index (χ1) is 18.9. The van der Waals surface area contributed by atoms with E-state index in [1.165, 1.54) is 5.56 Å². The predicted octanol–water partition coefficient (Wildman–Crippen LogP) is 4.34. The number of carboxylic acid groups (broad SMARTS) is 1. The van der Waals surface area contributed by atoms with E-state index in [0.29, 0.717) is 12.6 Å². The number of amides is 2. The summed E-state index contributed by atoms with van der Waals surface area (Å²) in [6.07, 6.45) is -1.06. The first kappa shape index (κ1) is 30.9. The molecule has 12 heteroatoms. The zero-order chi connectivity index (χ0) is 29.5. The van der Waals surface area contributed by atoms with Crippen LogP contribution in [0.25, 0.3) is 0 Å². The van der Waals surface area contributed by atoms with Crippen molar-refractivity contribution >= 4 is 12.0 Å². The number of ether oxygens (including phenoxy) is 3. The Kier molecular flexibility index (Phi) is 10.1. The Balaban J connectivity index is 0.000000559. The molecule has 0 aromatic heterocycles. The number of halogens is 3. The summed E-state index contributed by atoms with van der Waals surface area (Å²) in [6.45, 7) is 1.54. The van der Waals surface area contributed by atoms with Crippen molar-refractivity contribution in [3.63, 3.8) is 0 Å². The van der Waals surface area contributed by atoms with Gasteiger partial charge in [0.15, 0.2) is 11.5 Å². The summed E-state index contributed by atoms with van der Waals surface area (Å²) in [5.41, 5.74) is 2.42. The Bertz CT molecular complexity index is 1160.